The maximum absolute atomic E-state index is 9.25. The van der Waals surface area contributed by atoms with Gasteiger partial charge >= 0.3 is 0 Å². The van der Waals surface area contributed by atoms with Crippen LogP contribution in [0.5, 0.6) is 5.88 Å². The van der Waals surface area contributed by atoms with E-state index in [1.807, 2.05) is 12.1 Å². The van der Waals surface area contributed by atoms with E-state index < -0.39 is 0 Å². The molecular weight excluding hydrogens is 238 g/mol. The summed E-state index contributed by atoms with van der Waals surface area (Å²) in [6.45, 7) is 7.16. The van der Waals surface area contributed by atoms with Crippen molar-refractivity contribution in [3.05, 3.63) is 23.4 Å². The number of pyridine rings is 1. The fourth-order valence-corrected chi connectivity index (χ4v) is 1.93. The van der Waals surface area contributed by atoms with E-state index in [-0.39, 0.29) is 6.61 Å². The van der Waals surface area contributed by atoms with E-state index >= 15 is 0 Å². The number of hydrogen-bond acceptors (Lipinski definition) is 3. The van der Waals surface area contributed by atoms with Gasteiger partial charge in [0.1, 0.15) is 0 Å². The van der Waals surface area contributed by atoms with Crippen LogP contribution in [0.1, 0.15) is 70.1 Å². The fourth-order valence-electron chi connectivity index (χ4n) is 1.93. The van der Waals surface area contributed by atoms with E-state index in [1.165, 1.54) is 25.7 Å². The molecule has 3 nitrogen and oxygen atoms in total. The van der Waals surface area contributed by atoms with Crippen molar-refractivity contribution < 1.29 is 9.84 Å². The number of unbranched alkanes of at least 4 members (excludes halogenated alkanes) is 4. The first kappa shape index (κ1) is 16.0. The fraction of sp³-hybridized carbons (Fsp3) is 0.688. The lowest BCUT2D eigenvalue weighted by Crippen LogP contribution is -2.03. The molecule has 1 aromatic heterocycles. The second kappa shape index (κ2) is 8.92. The van der Waals surface area contributed by atoms with E-state index in [0.29, 0.717) is 18.4 Å². The molecule has 0 atom stereocenters. The van der Waals surface area contributed by atoms with Crippen molar-refractivity contribution in [2.24, 2.45) is 0 Å². The Morgan fingerprint density at radius 3 is 2.53 bits per heavy atom. The third-order valence-corrected chi connectivity index (χ3v) is 3.15. The van der Waals surface area contributed by atoms with Gasteiger partial charge in [0, 0.05) is 11.8 Å². The van der Waals surface area contributed by atoms with Gasteiger partial charge in [-0.15, -0.1) is 0 Å². The molecule has 0 aromatic carbocycles. The molecule has 0 saturated heterocycles. The van der Waals surface area contributed by atoms with Crippen LogP contribution in [0.4, 0.5) is 0 Å². The Labute approximate surface area is 117 Å². The second-order valence-corrected chi connectivity index (χ2v) is 5.31. The van der Waals surface area contributed by atoms with Crippen LogP contribution >= 0.6 is 0 Å². The van der Waals surface area contributed by atoms with E-state index in [1.54, 1.807) is 0 Å². The summed E-state index contributed by atoms with van der Waals surface area (Å²) in [5.74, 6) is 0.990. The first-order valence-electron chi connectivity index (χ1n) is 7.41. The first-order chi connectivity index (χ1) is 9.17. The van der Waals surface area contributed by atoms with Gasteiger partial charge in [-0.2, -0.15) is 0 Å². The Morgan fingerprint density at radius 2 is 1.89 bits per heavy atom. The van der Waals surface area contributed by atoms with Crippen LogP contribution in [-0.2, 0) is 6.61 Å². The number of hydrogen-bond donors (Lipinski definition) is 1. The molecule has 1 rings (SSSR count). The summed E-state index contributed by atoms with van der Waals surface area (Å²) in [5, 5.41) is 9.25. The Kier molecular flexibility index (Phi) is 7.49. The predicted molar refractivity (Wildman–Crippen MR) is 78.5 cm³/mol. The summed E-state index contributed by atoms with van der Waals surface area (Å²) in [7, 11) is 0. The topological polar surface area (TPSA) is 42.4 Å². The average Bonchev–Trinajstić information content (AvgIpc) is 2.42. The van der Waals surface area contributed by atoms with Crippen LogP contribution < -0.4 is 4.74 Å². The zero-order valence-corrected chi connectivity index (χ0v) is 12.5. The lowest BCUT2D eigenvalue weighted by atomic mass is 10.1. The second-order valence-electron chi connectivity index (χ2n) is 5.31. The van der Waals surface area contributed by atoms with E-state index in [0.717, 1.165) is 17.7 Å². The lowest BCUT2D eigenvalue weighted by molar-refractivity contribution is 0.274. The summed E-state index contributed by atoms with van der Waals surface area (Å²) in [5.41, 5.74) is 1.85. The molecule has 0 bridgehead atoms. The van der Waals surface area contributed by atoms with Gasteiger partial charge in [-0.1, -0.05) is 46.5 Å². The van der Waals surface area contributed by atoms with Gasteiger partial charge in [0.25, 0.3) is 0 Å². The summed E-state index contributed by atoms with van der Waals surface area (Å²) in [6, 6.07) is 3.77. The third-order valence-electron chi connectivity index (χ3n) is 3.15. The van der Waals surface area contributed by atoms with E-state index in [9.17, 15) is 5.11 Å². The maximum Gasteiger partial charge on any atom is 0.213 e. The van der Waals surface area contributed by atoms with Gasteiger partial charge < -0.3 is 9.84 Å². The highest BCUT2D eigenvalue weighted by Gasteiger charge is 2.06. The molecule has 0 aliphatic heterocycles. The molecule has 0 radical (unpaired) electrons. The Morgan fingerprint density at radius 1 is 1.16 bits per heavy atom. The smallest absolute Gasteiger partial charge is 0.213 e. The lowest BCUT2D eigenvalue weighted by Gasteiger charge is -2.11. The minimum Gasteiger partial charge on any atom is -0.478 e. The molecule has 1 aromatic rings. The summed E-state index contributed by atoms with van der Waals surface area (Å²) < 4.78 is 5.70. The Balaban J connectivity index is 2.46. The van der Waals surface area contributed by atoms with Crippen LogP contribution in [0.2, 0.25) is 0 Å². The molecule has 0 unspecified atom stereocenters. The van der Waals surface area contributed by atoms with Crippen molar-refractivity contribution in [3.8, 4) is 5.88 Å². The van der Waals surface area contributed by atoms with Gasteiger partial charge in [-0.25, -0.2) is 4.98 Å². The zero-order chi connectivity index (χ0) is 14.1. The standard InChI is InChI=1S/C16H27NO2/c1-4-5-6-7-8-9-19-16-11-14(12-18)10-15(17-16)13(2)3/h10-11,13,18H,4-9,12H2,1-3H3. The van der Waals surface area contributed by atoms with Crippen LogP contribution in [0, 0.1) is 0 Å². The minimum absolute atomic E-state index is 0.0368. The molecular formula is C16H27NO2. The summed E-state index contributed by atoms with van der Waals surface area (Å²) >= 11 is 0. The SMILES string of the molecule is CCCCCCCOc1cc(CO)cc(C(C)C)n1. The number of aliphatic hydroxyl groups is 1. The minimum atomic E-state index is 0.0368. The number of nitrogens with zero attached hydrogens (tertiary/aromatic N) is 1. The van der Waals surface area contributed by atoms with E-state index in [4.69, 9.17) is 4.74 Å². The molecule has 0 aliphatic rings. The zero-order valence-electron chi connectivity index (χ0n) is 12.5. The van der Waals surface area contributed by atoms with Crippen LogP contribution in [0.3, 0.4) is 0 Å². The molecule has 0 amide bonds. The van der Waals surface area contributed by atoms with Crippen molar-refractivity contribution in [2.75, 3.05) is 6.61 Å². The van der Waals surface area contributed by atoms with Gasteiger partial charge in [0.15, 0.2) is 0 Å². The largest absolute Gasteiger partial charge is 0.478 e. The number of aromatic nitrogens is 1. The highest BCUT2D eigenvalue weighted by atomic mass is 16.5. The van der Waals surface area contributed by atoms with Crippen molar-refractivity contribution in [2.45, 2.75) is 65.4 Å². The first-order valence-corrected chi connectivity index (χ1v) is 7.41. The van der Waals surface area contributed by atoms with Gasteiger partial charge in [-0.3, -0.25) is 0 Å². The number of rotatable bonds is 9. The molecule has 0 fully saturated rings. The van der Waals surface area contributed by atoms with Crippen molar-refractivity contribution in [3.63, 3.8) is 0 Å². The monoisotopic (exact) mass is 265 g/mol. The predicted octanol–water partition coefficient (Wildman–Crippen LogP) is 4.05. The normalized spacial score (nSPS) is 11.0. The van der Waals surface area contributed by atoms with Crippen LogP contribution in [0.25, 0.3) is 0 Å². The number of aliphatic hydroxyl groups excluding tert-OH is 1. The molecule has 3 heteroatoms. The van der Waals surface area contributed by atoms with Gasteiger partial charge in [-0.05, 0) is 24.0 Å². The highest BCUT2D eigenvalue weighted by molar-refractivity contribution is 5.26. The summed E-state index contributed by atoms with van der Waals surface area (Å²) in [4.78, 5) is 4.48. The van der Waals surface area contributed by atoms with Crippen molar-refractivity contribution in [1.82, 2.24) is 4.98 Å². The average molecular weight is 265 g/mol. The maximum atomic E-state index is 9.25. The third kappa shape index (κ3) is 6.06. The van der Waals surface area contributed by atoms with Crippen LogP contribution in [-0.4, -0.2) is 16.7 Å². The molecule has 108 valence electrons. The molecule has 0 saturated carbocycles. The molecule has 1 N–H and O–H groups in total. The number of ether oxygens (including phenoxy) is 1. The van der Waals surface area contributed by atoms with Gasteiger partial charge in [0.05, 0.1) is 13.2 Å². The van der Waals surface area contributed by atoms with E-state index in [2.05, 4.69) is 25.8 Å². The van der Waals surface area contributed by atoms with Crippen LogP contribution in [0.15, 0.2) is 12.1 Å². The Hall–Kier alpha value is -1.09. The summed E-state index contributed by atoms with van der Waals surface area (Å²) in [6.07, 6.45) is 6.13. The molecule has 0 spiro atoms. The van der Waals surface area contributed by atoms with Gasteiger partial charge in [0.2, 0.25) is 5.88 Å². The Bertz CT molecular complexity index is 364. The molecule has 0 aliphatic carbocycles. The molecule has 19 heavy (non-hydrogen) atoms. The highest BCUT2D eigenvalue weighted by Crippen LogP contribution is 2.19. The van der Waals surface area contributed by atoms with Crippen molar-refractivity contribution in [1.29, 1.82) is 0 Å². The quantitative estimate of drug-likeness (QED) is 0.685. The molecule has 1 heterocycles. The van der Waals surface area contributed by atoms with Crippen molar-refractivity contribution >= 4 is 0 Å².